The lowest BCUT2D eigenvalue weighted by molar-refractivity contribution is -0.121. The summed E-state index contributed by atoms with van der Waals surface area (Å²) in [5.41, 5.74) is 1.31. The second-order valence-electron chi connectivity index (χ2n) is 6.90. The van der Waals surface area contributed by atoms with E-state index in [1.165, 1.54) is 6.33 Å². The number of nitrogens with zero attached hydrogens (tertiary/aromatic N) is 3. The summed E-state index contributed by atoms with van der Waals surface area (Å²) in [5, 5.41) is 9.55. The molecule has 1 heterocycles. The summed E-state index contributed by atoms with van der Waals surface area (Å²) in [6.07, 6.45) is 2.75. The maximum atomic E-state index is 12.0. The Kier molecular flexibility index (Phi) is 6.32. The summed E-state index contributed by atoms with van der Waals surface area (Å²) < 4.78 is 6.78. The van der Waals surface area contributed by atoms with Gasteiger partial charge in [-0.2, -0.15) is 5.10 Å². The smallest absolute Gasteiger partial charge is 0.407 e. The third kappa shape index (κ3) is 6.19. The van der Waals surface area contributed by atoms with Crippen LogP contribution >= 0.6 is 0 Å². The van der Waals surface area contributed by atoms with E-state index >= 15 is 0 Å². The van der Waals surface area contributed by atoms with Crippen molar-refractivity contribution in [3.63, 3.8) is 0 Å². The Morgan fingerprint density at radius 2 is 1.92 bits per heavy atom. The first-order valence-corrected chi connectivity index (χ1v) is 8.46. The minimum Gasteiger partial charge on any atom is -0.444 e. The highest BCUT2D eigenvalue weighted by Gasteiger charge is 2.16. The van der Waals surface area contributed by atoms with Gasteiger partial charge < -0.3 is 15.4 Å². The van der Waals surface area contributed by atoms with E-state index < -0.39 is 11.7 Å². The maximum Gasteiger partial charge on any atom is 0.407 e. The number of aromatic nitrogens is 3. The first-order valence-electron chi connectivity index (χ1n) is 8.46. The fourth-order valence-corrected chi connectivity index (χ4v) is 2.25. The molecule has 0 aliphatic heterocycles. The molecular formula is C18H25N5O3. The van der Waals surface area contributed by atoms with E-state index in [9.17, 15) is 9.59 Å². The van der Waals surface area contributed by atoms with Crippen molar-refractivity contribution < 1.29 is 14.3 Å². The number of benzene rings is 1. The van der Waals surface area contributed by atoms with E-state index in [1.807, 2.05) is 31.2 Å². The molecule has 8 heteroatoms. The molecule has 2 N–H and O–H groups in total. The number of alkyl carbamates (subject to hydrolysis) is 1. The van der Waals surface area contributed by atoms with Crippen LogP contribution < -0.4 is 10.6 Å². The van der Waals surface area contributed by atoms with Crippen LogP contribution in [0.15, 0.2) is 36.9 Å². The highest BCUT2D eigenvalue weighted by atomic mass is 16.6. The minimum atomic E-state index is -0.556. The molecule has 2 rings (SSSR count). The first-order chi connectivity index (χ1) is 12.2. The largest absolute Gasteiger partial charge is 0.444 e. The summed E-state index contributed by atoms with van der Waals surface area (Å²) in [4.78, 5) is 27.5. The number of ether oxygens (including phenoxy) is 1. The fourth-order valence-electron chi connectivity index (χ4n) is 2.25. The van der Waals surface area contributed by atoms with Crippen molar-refractivity contribution in [2.24, 2.45) is 0 Å². The molecule has 0 radical (unpaired) electrons. The van der Waals surface area contributed by atoms with Crippen LogP contribution in [-0.2, 0) is 9.53 Å². The van der Waals surface area contributed by atoms with Gasteiger partial charge in [0.25, 0.3) is 0 Å². The van der Waals surface area contributed by atoms with Gasteiger partial charge in [0.1, 0.15) is 18.3 Å². The summed E-state index contributed by atoms with van der Waals surface area (Å²) in [7, 11) is 0. The van der Waals surface area contributed by atoms with Crippen LogP contribution in [0.4, 0.5) is 4.79 Å². The molecule has 1 aromatic carbocycles. The van der Waals surface area contributed by atoms with E-state index in [0.29, 0.717) is 0 Å². The third-order valence-corrected chi connectivity index (χ3v) is 3.47. The Morgan fingerprint density at radius 3 is 2.50 bits per heavy atom. The standard InChI is InChI=1S/C18H25N5O3/c1-13(14-5-7-15(8-6-14)23-12-19-11-21-23)22-16(24)9-10-20-17(25)26-18(2,3)4/h5-8,11-13H,9-10H2,1-4H3,(H,20,25)(H,22,24)/t13-/m1/s1. The zero-order valence-electron chi connectivity index (χ0n) is 15.5. The summed E-state index contributed by atoms with van der Waals surface area (Å²) in [6.45, 7) is 7.49. The van der Waals surface area contributed by atoms with Crippen LogP contribution in [0.3, 0.4) is 0 Å². The molecule has 0 saturated carbocycles. The molecule has 2 aromatic rings. The predicted octanol–water partition coefficient (Wildman–Crippen LogP) is 2.36. The molecule has 26 heavy (non-hydrogen) atoms. The number of amides is 2. The molecule has 0 aliphatic carbocycles. The highest BCUT2D eigenvalue weighted by Crippen LogP contribution is 2.15. The van der Waals surface area contributed by atoms with Crippen LogP contribution in [0.25, 0.3) is 5.69 Å². The molecular weight excluding hydrogens is 334 g/mol. The zero-order valence-corrected chi connectivity index (χ0v) is 15.5. The van der Waals surface area contributed by atoms with Crippen molar-refractivity contribution in [3.8, 4) is 5.69 Å². The minimum absolute atomic E-state index is 0.145. The quantitative estimate of drug-likeness (QED) is 0.825. The number of carbonyl (C=O) groups excluding carboxylic acids is 2. The van der Waals surface area contributed by atoms with Crippen LogP contribution in [0.5, 0.6) is 0 Å². The van der Waals surface area contributed by atoms with Gasteiger partial charge in [-0.25, -0.2) is 14.5 Å². The van der Waals surface area contributed by atoms with E-state index in [0.717, 1.165) is 11.3 Å². The van der Waals surface area contributed by atoms with E-state index in [2.05, 4.69) is 20.7 Å². The second kappa shape index (κ2) is 8.46. The molecule has 0 unspecified atom stereocenters. The molecule has 0 aliphatic rings. The van der Waals surface area contributed by atoms with Crippen LogP contribution in [0.2, 0.25) is 0 Å². The maximum absolute atomic E-state index is 12.0. The Morgan fingerprint density at radius 1 is 1.23 bits per heavy atom. The van der Waals surface area contributed by atoms with Gasteiger partial charge in [-0.05, 0) is 45.4 Å². The van der Waals surface area contributed by atoms with Crippen LogP contribution in [0.1, 0.15) is 45.7 Å². The number of carbonyl (C=O) groups is 2. The lowest BCUT2D eigenvalue weighted by atomic mass is 10.1. The van der Waals surface area contributed by atoms with Crippen molar-refractivity contribution in [2.75, 3.05) is 6.54 Å². The molecule has 140 valence electrons. The van der Waals surface area contributed by atoms with Crippen LogP contribution in [-0.4, -0.2) is 38.9 Å². The molecule has 0 spiro atoms. The summed E-state index contributed by atoms with van der Waals surface area (Å²) in [6, 6.07) is 7.55. The number of rotatable bonds is 6. The highest BCUT2D eigenvalue weighted by molar-refractivity contribution is 5.77. The van der Waals surface area contributed by atoms with Crippen molar-refractivity contribution in [3.05, 3.63) is 42.5 Å². The van der Waals surface area contributed by atoms with Gasteiger partial charge >= 0.3 is 6.09 Å². The van der Waals surface area contributed by atoms with Gasteiger partial charge in [0.2, 0.25) is 5.91 Å². The van der Waals surface area contributed by atoms with Crippen LogP contribution in [0, 0.1) is 0 Å². The first kappa shape index (κ1) is 19.4. The molecule has 1 atom stereocenters. The molecule has 1 aromatic heterocycles. The van der Waals surface area contributed by atoms with Gasteiger partial charge in [-0.3, -0.25) is 4.79 Å². The van der Waals surface area contributed by atoms with Crippen molar-refractivity contribution in [2.45, 2.75) is 45.8 Å². The normalized spacial score (nSPS) is 12.3. The zero-order chi connectivity index (χ0) is 19.2. The van der Waals surface area contributed by atoms with Gasteiger partial charge in [-0.1, -0.05) is 12.1 Å². The average Bonchev–Trinajstić information content (AvgIpc) is 3.07. The molecule has 0 fully saturated rings. The lowest BCUT2D eigenvalue weighted by Crippen LogP contribution is -2.35. The van der Waals surface area contributed by atoms with Crippen molar-refractivity contribution in [1.29, 1.82) is 0 Å². The number of nitrogens with one attached hydrogen (secondary N) is 2. The molecule has 0 bridgehead atoms. The average molecular weight is 359 g/mol. The number of hydrogen-bond donors (Lipinski definition) is 2. The monoisotopic (exact) mass is 359 g/mol. The van der Waals surface area contributed by atoms with Gasteiger partial charge in [0.05, 0.1) is 11.7 Å². The van der Waals surface area contributed by atoms with Crippen molar-refractivity contribution >= 4 is 12.0 Å². The molecule has 2 amide bonds. The van der Waals surface area contributed by atoms with Gasteiger partial charge in [0, 0.05) is 13.0 Å². The Hall–Kier alpha value is -2.90. The third-order valence-electron chi connectivity index (χ3n) is 3.47. The topological polar surface area (TPSA) is 98.1 Å². The molecule has 0 saturated heterocycles. The van der Waals surface area contributed by atoms with E-state index in [-0.39, 0.29) is 24.9 Å². The SMILES string of the molecule is C[C@@H](NC(=O)CCNC(=O)OC(C)(C)C)c1ccc(-n2cncn2)cc1. The Labute approximate surface area is 153 Å². The lowest BCUT2D eigenvalue weighted by Gasteiger charge is -2.19. The summed E-state index contributed by atoms with van der Waals surface area (Å²) in [5.74, 6) is -0.145. The van der Waals surface area contributed by atoms with E-state index in [1.54, 1.807) is 31.8 Å². The van der Waals surface area contributed by atoms with Gasteiger partial charge in [-0.15, -0.1) is 0 Å². The molecule has 8 nitrogen and oxygen atoms in total. The predicted molar refractivity (Wildman–Crippen MR) is 96.8 cm³/mol. The fraction of sp³-hybridized carbons (Fsp3) is 0.444. The number of hydrogen-bond acceptors (Lipinski definition) is 5. The Balaban J connectivity index is 1.77. The van der Waals surface area contributed by atoms with E-state index in [4.69, 9.17) is 4.74 Å². The van der Waals surface area contributed by atoms with Crippen molar-refractivity contribution in [1.82, 2.24) is 25.4 Å². The Bertz CT molecular complexity index is 720. The van der Waals surface area contributed by atoms with Gasteiger partial charge in [0.15, 0.2) is 0 Å². The summed E-state index contributed by atoms with van der Waals surface area (Å²) >= 11 is 0. The second-order valence-corrected chi connectivity index (χ2v) is 6.90.